The number of carboxylic acid groups (broad SMARTS) is 1. The largest absolute Gasteiger partial charge is 0.481 e. The van der Waals surface area contributed by atoms with Gasteiger partial charge in [0.2, 0.25) is 0 Å². The number of hydrogen-bond donors (Lipinski definition) is 4. The molecule has 0 amide bonds. The van der Waals surface area contributed by atoms with E-state index in [1.54, 1.807) is 0 Å². The highest BCUT2D eigenvalue weighted by molar-refractivity contribution is 5.71. The van der Waals surface area contributed by atoms with Gasteiger partial charge in [0.15, 0.2) is 0 Å². The minimum absolute atomic E-state index is 0.0664. The summed E-state index contributed by atoms with van der Waals surface area (Å²) < 4.78 is 0. The smallest absolute Gasteiger partial charge is 0.307 e. The van der Waals surface area contributed by atoms with E-state index in [4.69, 9.17) is 15.3 Å². The average Bonchev–Trinajstić information content (AvgIpc) is 2.41. The number of hydrogen-bond acceptors (Lipinski definition) is 3. The first-order chi connectivity index (χ1) is 6.11. The Morgan fingerprint density at radius 3 is 2.23 bits per heavy atom. The number of aliphatic hydroxyl groups is 2. The van der Waals surface area contributed by atoms with E-state index < -0.39 is 11.9 Å². The van der Waals surface area contributed by atoms with Crippen LogP contribution < -0.4 is 5.73 Å². The molecule has 1 saturated carbocycles. The SMILES string of the molecule is [NH3+][C@@H]1C[C@H](C(=O)O)[C@H](CO)[C@H]1CO. The van der Waals surface area contributed by atoms with Gasteiger partial charge in [-0.2, -0.15) is 0 Å². The van der Waals surface area contributed by atoms with Gasteiger partial charge in [-0.1, -0.05) is 0 Å². The second-order valence-corrected chi connectivity index (χ2v) is 3.63. The average molecular weight is 190 g/mol. The molecule has 0 heterocycles. The molecule has 1 aliphatic carbocycles. The lowest BCUT2D eigenvalue weighted by Gasteiger charge is -2.18. The molecule has 1 fully saturated rings. The zero-order chi connectivity index (χ0) is 10.0. The predicted molar refractivity (Wildman–Crippen MR) is 43.6 cm³/mol. The Balaban J connectivity index is 2.74. The minimum atomic E-state index is -0.899. The highest BCUT2D eigenvalue weighted by atomic mass is 16.4. The van der Waals surface area contributed by atoms with Gasteiger partial charge in [0.25, 0.3) is 0 Å². The zero-order valence-corrected chi connectivity index (χ0v) is 7.39. The number of quaternary nitrogens is 1. The molecule has 0 aromatic heterocycles. The molecule has 4 atom stereocenters. The van der Waals surface area contributed by atoms with Crippen LogP contribution in [0.1, 0.15) is 6.42 Å². The molecule has 0 aromatic rings. The number of carboxylic acids is 1. The molecular formula is C8H16NO4+. The first kappa shape index (κ1) is 10.4. The number of aliphatic hydroxyl groups excluding tert-OH is 2. The van der Waals surface area contributed by atoms with Crippen LogP contribution in [0.2, 0.25) is 0 Å². The number of rotatable bonds is 3. The topological polar surface area (TPSA) is 105 Å². The van der Waals surface area contributed by atoms with Crippen LogP contribution in [-0.2, 0) is 4.79 Å². The normalized spacial score (nSPS) is 39.3. The van der Waals surface area contributed by atoms with Gasteiger partial charge in [-0.15, -0.1) is 0 Å². The number of carbonyl (C=O) groups is 1. The summed E-state index contributed by atoms with van der Waals surface area (Å²) >= 11 is 0. The zero-order valence-electron chi connectivity index (χ0n) is 7.39. The van der Waals surface area contributed by atoms with Crippen LogP contribution in [-0.4, -0.2) is 40.5 Å². The van der Waals surface area contributed by atoms with Gasteiger partial charge >= 0.3 is 5.97 Å². The molecule has 1 rings (SSSR count). The molecule has 0 saturated heterocycles. The highest BCUT2D eigenvalue weighted by Crippen LogP contribution is 2.35. The molecule has 13 heavy (non-hydrogen) atoms. The molecule has 0 unspecified atom stereocenters. The molecule has 1 aliphatic rings. The standard InChI is InChI=1S/C8H15NO4/c9-7-1-4(8(12)13)5(2-10)6(7)3-11/h4-7,10-11H,1-3,9H2,(H,12,13)/p+1/t4-,5-,6+,7+/m0/s1. The van der Waals surface area contributed by atoms with E-state index in [1.807, 2.05) is 0 Å². The van der Waals surface area contributed by atoms with E-state index in [9.17, 15) is 4.79 Å². The van der Waals surface area contributed by atoms with E-state index in [2.05, 4.69) is 5.73 Å². The Morgan fingerprint density at radius 1 is 1.31 bits per heavy atom. The second kappa shape index (κ2) is 4.04. The van der Waals surface area contributed by atoms with Crippen LogP contribution in [0.4, 0.5) is 0 Å². The maximum absolute atomic E-state index is 10.8. The Kier molecular flexibility index (Phi) is 3.24. The maximum atomic E-state index is 10.8. The third kappa shape index (κ3) is 1.82. The van der Waals surface area contributed by atoms with Crippen molar-refractivity contribution in [3.63, 3.8) is 0 Å². The van der Waals surface area contributed by atoms with Gasteiger partial charge in [-0.05, 0) is 0 Å². The first-order valence-electron chi connectivity index (χ1n) is 4.39. The molecule has 5 heteroatoms. The molecule has 76 valence electrons. The van der Waals surface area contributed by atoms with Gasteiger partial charge < -0.3 is 21.1 Å². The molecule has 0 aromatic carbocycles. The maximum Gasteiger partial charge on any atom is 0.307 e. The van der Waals surface area contributed by atoms with Crippen molar-refractivity contribution in [3.05, 3.63) is 0 Å². The van der Waals surface area contributed by atoms with Crippen LogP contribution in [0.15, 0.2) is 0 Å². The van der Waals surface area contributed by atoms with Crippen LogP contribution in [0.25, 0.3) is 0 Å². The van der Waals surface area contributed by atoms with Gasteiger partial charge in [0.05, 0.1) is 18.6 Å². The summed E-state index contributed by atoms with van der Waals surface area (Å²) in [5, 5.41) is 26.8. The Bertz CT molecular complexity index is 197. The summed E-state index contributed by atoms with van der Waals surface area (Å²) in [6.45, 7) is -0.280. The lowest BCUT2D eigenvalue weighted by Crippen LogP contribution is -2.63. The quantitative estimate of drug-likeness (QED) is 0.410. The van der Waals surface area contributed by atoms with Gasteiger partial charge in [-0.3, -0.25) is 4.79 Å². The van der Waals surface area contributed by atoms with Crippen molar-refractivity contribution in [1.82, 2.24) is 0 Å². The third-order valence-corrected chi connectivity index (χ3v) is 2.97. The van der Waals surface area contributed by atoms with E-state index >= 15 is 0 Å². The monoisotopic (exact) mass is 190 g/mol. The highest BCUT2D eigenvalue weighted by Gasteiger charge is 2.46. The molecule has 0 radical (unpaired) electrons. The molecule has 0 spiro atoms. The van der Waals surface area contributed by atoms with Crippen LogP contribution in [0.3, 0.4) is 0 Å². The van der Waals surface area contributed by atoms with Gasteiger partial charge in [0.1, 0.15) is 0 Å². The van der Waals surface area contributed by atoms with Crippen molar-refractivity contribution in [1.29, 1.82) is 0 Å². The fourth-order valence-corrected chi connectivity index (χ4v) is 2.15. The fraction of sp³-hybridized carbons (Fsp3) is 0.875. The van der Waals surface area contributed by atoms with E-state index in [0.29, 0.717) is 6.42 Å². The molecule has 0 aliphatic heterocycles. The van der Waals surface area contributed by atoms with E-state index in [1.165, 1.54) is 0 Å². The van der Waals surface area contributed by atoms with Crippen molar-refractivity contribution in [3.8, 4) is 0 Å². The lowest BCUT2D eigenvalue weighted by atomic mass is 9.90. The van der Waals surface area contributed by atoms with Gasteiger partial charge in [-0.25, -0.2) is 0 Å². The van der Waals surface area contributed by atoms with Crippen LogP contribution in [0, 0.1) is 17.8 Å². The first-order valence-corrected chi connectivity index (χ1v) is 4.39. The molecular weight excluding hydrogens is 174 g/mol. The third-order valence-electron chi connectivity index (χ3n) is 2.97. The van der Waals surface area contributed by atoms with Crippen LogP contribution in [0.5, 0.6) is 0 Å². The molecule has 5 nitrogen and oxygen atoms in total. The fourth-order valence-electron chi connectivity index (χ4n) is 2.15. The molecule has 0 bridgehead atoms. The predicted octanol–water partition coefficient (Wildman–Crippen LogP) is -2.08. The summed E-state index contributed by atoms with van der Waals surface area (Å²) in [4.78, 5) is 10.8. The second-order valence-electron chi connectivity index (χ2n) is 3.63. The van der Waals surface area contributed by atoms with Crippen molar-refractivity contribution < 1.29 is 25.8 Å². The van der Waals surface area contributed by atoms with Crippen molar-refractivity contribution in [2.24, 2.45) is 17.8 Å². The Labute approximate surface area is 76.2 Å². The summed E-state index contributed by atoms with van der Waals surface area (Å²) in [5.74, 6) is -1.97. The van der Waals surface area contributed by atoms with E-state index in [-0.39, 0.29) is 31.1 Å². The summed E-state index contributed by atoms with van der Waals surface area (Å²) in [6, 6.07) is -0.0664. The van der Waals surface area contributed by atoms with E-state index in [0.717, 1.165) is 0 Å². The number of aliphatic carboxylic acids is 1. The Morgan fingerprint density at radius 2 is 1.85 bits per heavy atom. The Hall–Kier alpha value is -0.650. The van der Waals surface area contributed by atoms with Gasteiger partial charge in [0, 0.05) is 24.9 Å². The lowest BCUT2D eigenvalue weighted by molar-refractivity contribution is -0.431. The summed E-state index contributed by atoms with van der Waals surface area (Å²) in [7, 11) is 0. The summed E-state index contributed by atoms with van der Waals surface area (Å²) in [6.07, 6.45) is 0.450. The minimum Gasteiger partial charge on any atom is -0.481 e. The summed E-state index contributed by atoms with van der Waals surface area (Å²) in [5.41, 5.74) is 3.79. The molecule has 6 N–H and O–H groups in total. The van der Waals surface area contributed by atoms with Crippen molar-refractivity contribution in [2.45, 2.75) is 12.5 Å². The van der Waals surface area contributed by atoms with Crippen molar-refractivity contribution in [2.75, 3.05) is 13.2 Å². The van der Waals surface area contributed by atoms with Crippen LogP contribution >= 0.6 is 0 Å². The van der Waals surface area contributed by atoms with Crippen molar-refractivity contribution >= 4 is 5.97 Å².